The lowest BCUT2D eigenvalue weighted by Gasteiger charge is -2.10. The van der Waals surface area contributed by atoms with E-state index in [9.17, 15) is 19.8 Å². The highest BCUT2D eigenvalue weighted by Crippen LogP contribution is 2.33. The molecule has 6 aromatic rings. The maximum Gasteiger partial charge on any atom is 0.102 e. The van der Waals surface area contributed by atoms with Crippen molar-refractivity contribution in [1.82, 2.24) is 0 Å². The molecule has 0 atom stereocenters. The molecule has 0 spiro atoms. The lowest BCUT2D eigenvalue weighted by Crippen LogP contribution is -2.23. The van der Waals surface area contributed by atoms with Crippen LogP contribution >= 0.6 is 15.8 Å². The predicted molar refractivity (Wildman–Crippen MR) is 192 cm³/mol. The Morgan fingerprint density at radius 1 is 0.326 bits per heavy atom. The molecular weight excluding hydrogens is 606 g/mol. The van der Waals surface area contributed by atoms with Gasteiger partial charge in [-0.05, 0) is 84.9 Å². The van der Waals surface area contributed by atoms with Crippen molar-refractivity contribution < 1.29 is 19.8 Å². The van der Waals surface area contributed by atoms with Gasteiger partial charge in [0, 0.05) is 0 Å². The van der Waals surface area contributed by atoms with Gasteiger partial charge in [-0.2, -0.15) is 0 Å². The average molecular weight is 641 g/mol. The number of carbonyl (C=O) groups is 2. The standard InChI is InChI=1S/2C18H15P.C4H4O4/c2*1-4-10-16(11-5-1)19(17-12-6-2-7-13-17)18-14-8-3-9-15-18;5-3(6)1-2-4(7)8/h2*1-15H;1-2H,(H,5,6)(H,7,8)/b;;2-1-. The summed E-state index contributed by atoms with van der Waals surface area (Å²) >= 11 is 0. The van der Waals surface area contributed by atoms with Crippen LogP contribution in [0.15, 0.2) is 194 Å². The molecule has 228 valence electrons. The van der Waals surface area contributed by atoms with Gasteiger partial charge in [-0.15, -0.1) is 0 Å². The third-order valence-electron chi connectivity index (χ3n) is 6.73. The zero-order valence-electron chi connectivity index (χ0n) is 25.1. The topological polar surface area (TPSA) is 80.3 Å². The van der Waals surface area contributed by atoms with E-state index in [4.69, 9.17) is 0 Å². The smallest absolute Gasteiger partial charge is 0.102 e. The van der Waals surface area contributed by atoms with E-state index >= 15 is 0 Å². The number of rotatable bonds is 8. The minimum absolute atomic E-state index is 0.384. The fourth-order valence-corrected chi connectivity index (χ4v) is 9.92. The molecule has 0 aliphatic heterocycles. The molecule has 6 heteroatoms. The summed E-state index contributed by atoms with van der Waals surface area (Å²) in [5, 5.41) is 27.4. The van der Waals surface area contributed by atoms with Gasteiger partial charge < -0.3 is 19.8 Å². The van der Waals surface area contributed by atoms with Crippen LogP contribution in [0.1, 0.15) is 0 Å². The van der Waals surface area contributed by atoms with Crippen molar-refractivity contribution in [2.24, 2.45) is 0 Å². The number of hydrogen-bond donors (Lipinski definition) is 0. The first-order valence-electron chi connectivity index (χ1n) is 14.7. The molecule has 46 heavy (non-hydrogen) atoms. The fourth-order valence-electron chi connectivity index (χ4n) is 4.76. The molecule has 0 unspecified atom stereocenters. The first-order valence-corrected chi connectivity index (χ1v) is 17.7. The van der Waals surface area contributed by atoms with Crippen LogP contribution in [0.4, 0.5) is 0 Å². The first kappa shape index (κ1) is 33.7. The van der Waals surface area contributed by atoms with E-state index in [-0.39, 0.29) is 0 Å². The highest BCUT2D eigenvalue weighted by Gasteiger charge is 2.25. The van der Waals surface area contributed by atoms with Crippen molar-refractivity contribution in [3.8, 4) is 0 Å². The number of benzene rings is 6. The summed E-state index contributed by atoms with van der Waals surface area (Å²) in [5.41, 5.74) is 0. The Morgan fingerprint density at radius 3 is 0.609 bits per heavy atom. The summed E-state index contributed by atoms with van der Waals surface area (Å²) in [6.07, 6.45) is 0.769. The van der Waals surface area contributed by atoms with Crippen molar-refractivity contribution in [3.63, 3.8) is 0 Å². The van der Waals surface area contributed by atoms with Crippen molar-refractivity contribution >= 4 is 59.6 Å². The van der Waals surface area contributed by atoms with E-state index in [0.717, 1.165) is 0 Å². The monoisotopic (exact) mass is 640 g/mol. The zero-order valence-corrected chi connectivity index (χ0v) is 27.1. The van der Waals surface area contributed by atoms with Crippen LogP contribution in [-0.4, -0.2) is 11.9 Å². The number of carboxylic acid groups (broad SMARTS) is 2. The molecule has 6 aromatic carbocycles. The van der Waals surface area contributed by atoms with Crippen LogP contribution in [0.3, 0.4) is 0 Å². The summed E-state index contributed by atoms with van der Waals surface area (Å²) in [5.74, 6) is -3.09. The molecule has 6 rings (SSSR count). The molecule has 0 aliphatic carbocycles. The second kappa shape index (κ2) is 18.6. The Bertz CT molecular complexity index is 1440. The third kappa shape index (κ3) is 10.8. The third-order valence-corrected chi connectivity index (χ3v) is 12.2. The molecule has 0 heterocycles. The second-order valence-electron chi connectivity index (χ2n) is 9.92. The van der Waals surface area contributed by atoms with Gasteiger partial charge in [0.15, 0.2) is 0 Å². The minimum atomic E-state index is -1.55. The minimum Gasteiger partial charge on any atom is -0.545 e. The van der Waals surface area contributed by atoms with E-state index in [1.807, 2.05) is 0 Å². The van der Waals surface area contributed by atoms with Crippen molar-refractivity contribution in [3.05, 3.63) is 194 Å². The number of carboxylic acids is 2. The Balaban J connectivity index is 0.000000170. The van der Waals surface area contributed by atoms with Crippen molar-refractivity contribution in [1.29, 1.82) is 0 Å². The van der Waals surface area contributed by atoms with Gasteiger partial charge in [0.2, 0.25) is 0 Å². The van der Waals surface area contributed by atoms with Crippen LogP contribution in [0, 0.1) is 0 Å². The molecule has 4 nitrogen and oxygen atoms in total. The van der Waals surface area contributed by atoms with Gasteiger partial charge in [-0.25, -0.2) is 0 Å². The van der Waals surface area contributed by atoms with Gasteiger partial charge in [0.05, 0.1) is 27.8 Å². The van der Waals surface area contributed by atoms with Crippen molar-refractivity contribution in [2.75, 3.05) is 0 Å². The molecule has 0 saturated heterocycles. The Kier molecular flexibility index (Phi) is 13.7. The maximum absolute atomic E-state index is 9.41. The van der Waals surface area contributed by atoms with E-state index in [1.54, 1.807) is 0 Å². The molecular formula is C40H34O4P2. The van der Waals surface area contributed by atoms with Gasteiger partial charge in [-0.3, -0.25) is 0 Å². The molecule has 0 saturated carbocycles. The van der Waals surface area contributed by atoms with E-state index < -0.39 is 27.8 Å². The van der Waals surface area contributed by atoms with E-state index in [2.05, 4.69) is 182 Å². The van der Waals surface area contributed by atoms with E-state index in [0.29, 0.717) is 12.2 Å². The summed E-state index contributed by atoms with van der Waals surface area (Å²) in [6, 6.07) is 65.0. The molecule has 0 N–H and O–H groups in total. The second-order valence-corrected chi connectivity index (χ2v) is 14.9. The highest BCUT2D eigenvalue weighted by molar-refractivity contribution is 7.80. The first-order chi connectivity index (χ1) is 22.5. The Morgan fingerprint density at radius 2 is 0.478 bits per heavy atom. The average Bonchev–Trinajstić information content (AvgIpc) is 3.11. The zero-order chi connectivity index (χ0) is 32.4. The Hall–Kier alpha value is -5.14. The van der Waals surface area contributed by atoms with Crippen LogP contribution in [-0.2, 0) is 9.59 Å². The maximum atomic E-state index is 9.41. The number of hydrogen-bond acceptors (Lipinski definition) is 4. The van der Waals surface area contributed by atoms with E-state index in [1.165, 1.54) is 31.8 Å². The summed E-state index contributed by atoms with van der Waals surface area (Å²) in [4.78, 5) is 18.8. The van der Waals surface area contributed by atoms with Gasteiger partial charge in [0.25, 0.3) is 0 Å². The summed E-state index contributed by atoms with van der Waals surface area (Å²) in [7, 11) is -1.75. The molecule has 0 radical (unpaired) electrons. The largest absolute Gasteiger partial charge is 0.545 e. The molecule has 0 fully saturated rings. The van der Waals surface area contributed by atoms with Crippen LogP contribution in [0.5, 0.6) is 0 Å². The van der Waals surface area contributed by atoms with Crippen molar-refractivity contribution in [2.45, 2.75) is 0 Å². The van der Waals surface area contributed by atoms with Crippen LogP contribution in [0.25, 0.3) is 0 Å². The molecule has 0 aliphatic rings. The Labute approximate surface area is 272 Å². The highest BCUT2D eigenvalue weighted by atomic mass is 31.1. The van der Waals surface area contributed by atoms with Gasteiger partial charge in [0.1, 0.15) is 31.8 Å². The van der Waals surface area contributed by atoms with Gasteiger partial charge >= 0.3 is 0 Å². The normalized spacial score (nSPS) is 10.4. The molecule has 0 bridgehead atoms. The van der Waals surface area contributed by atoms with Crippen LogP contribution < -0.4 is 42.0 Å². The lowest BCUT2D eigenvalue weighted by atomic mass is 10.4. The fraction of sp³-hybridized carbons (Fsp3) is 0. The molecule has 0 amide bonds. The predicted octanol–water partition coefficient (Wildman–Crippen LogP) is 3.40. The van der Waals surface area contributed by atoms with Gasteiger partial charge in [-0.1, -0.05) is 109 Å². The summed E-state index contributed by atoms with van der Waals surface area (Å²) < 4.78 is 0. The SMILES string of the molecule is O=C([O-])/C=C\C(=O)[O-].c1ccc([PH+](c2ccccc2)c2ccccc2)cc1.c1ccc([PH+](c2ccccc2)c2ccccc2)cc1. The lowest BCUT2D eigenvalue weighted by molar-refractivity contribution is -0.301. The van der Waals surface area contributed by atoms with Crippen LogP contribution in [0.2, 0.25) is 0 Å². The number of aliphatic carboxylic acids is 2. The molecule has 0 aromatic heterocycles. The number of carbonyl (C=O) groups excluding carboxylic acids is 2. The summed E-state index contributed by atoms with van der Waals surface area (Å²) in [6.45, 7) is 0. The quantitative estimate of drug-likeness (QED) is 0.189.